The number of ether oxygens (including phenoxy) is 1. The molecule has 3 aliphatic rings. The van der Waals surface area contributed by atoms with E-state index in [1.54, 1.807) is 0 Å². The molecular weight excluding hydrogens is 227 g/mol. The van der Waals surface area contributed by atoms with Gasteiger partial charge >= 0.3 is 7.05 Å². The molecule has 0 aromatic carbocycles. The Morgan fingerprint density at radius 2 is 1.78 bits per heavy atom. The Morgan fingerprint density at radius 1 is 1.06 bits per heavy atom. The van der Waals surface area contributed by atoms with Crippen LogP contribution in [0.25, 0.3) is 0 Å². The van der Waals surface area contributed by atoms with Crippen molar-refractivity contribution in [1.82, 2.24) is 9.71 Å². The summed E-state index contributed by atoms with van der Waals surface area (Å²) in [5.74, 6) is 0.695. The van der Waals surface area contributed by atoms with Gasteiger partial charge in [0, 0.05) is 12.1 Å². The van der Waals surface area contributed by atoms with E-state index in [0.717, 1.165) is 19.8 Å². The topological polar surface area (TPSA) is 35.9 Å². The Bertz CT molecular complexity index is 278. The molecule has 0 unspecified atom stereocenters. The van der Waals surface area contributed by atoms with Gasteiger partial charge in [-0.2, -0.15) is 0 Å². The van der Waals surface area contributed by atoms with Gasteiger partial charge in [0.1, 0.15) is 0 Å². The summed E-state index contributed by atoms with van der Waals surface area (Å²) < 4.78 is 5.85. The minimum absolute atomic E-state index is 0.335. The van der Waals surface area contributed by atoms with Gasteiger partial charge in [-0.3, -0.25) is 4.90 Å². The Morgan fingerprint density at radius 3 is 2.50 bits per heavy atom. The number of hydrogen-bond donors (Lipinski definition) is 1. The number of fused-ring (bicyclic) bond motifs is 1. The first-order valence-electron chi connectivity index (χ1n) is 7.53. The van der Waals surface area contributed by atoms with Crippen molar-refractivity contribution in [1.29, 1.82) is 0 Å². The van der Waals surface area contributed by atoms with E-state index in [4.69, 9.17) is 4.74 Å². The minimum atomic E-state index is -0.335. The van der Waals surface area contributed by atoms with E-state index >= 15 is 0 Å². The summed E-state index contributed by atoms with van der Waals surface area (Å²) in [6, 6.07) is 1.02. The summed E-state index contributed by atoms with van der Waals surface area (Å²) in [4.78, 5) is 4.87. The fourth-order valence-electron chi connectivity index (χ4n) is 4.13. The number of rotatable bonds is 2. The summed E-state index contributed by atoms with van der Waals surface area (Å²) in [6.45, 7) is 7.10. The normalized spacial score (nSPS) is 38.7. The third-order valence-corrected chi connectivity index (χ3v) is 5.04. The van der Waals surface area contributed by atoms with E-state index in [-0.39, 0.29) is 7.05 Å². The maximum Gasteiger partial charge on any atom is 0.376 e. The average Bonchev–Trinajstić information content (AvgIpc) is 2.91. The Kier molecular flexibility index (Phi) is 3.94. The maximum atomic E-state index is 9.92. The Hall–Kier alpha value is -0.0951. The van der Waals surface area contributed by atoms with Crippen molar-refractivity contribution in [2.24, 2.45) is 5.92 Å². The predicted octanol–water partition coefficient (Wildman–Crippen LogP) is 0.672. The molecule has 1 N–H and O–H groups in total. The van der Waals surface area contributed by atoms with Crippen molar-refractivity contribution in [2.45, 2.75) is 44.6 Å². The quantitative estimate of drug-likeness (QED) is 0.733. The van der Waals surface area contributed by atoms with Crippen LogP contribution in [0.5, 0.6) is 0 Å². The van der Waals surface area contributed by atoms with Crippen LogP contribution < -0.4 is 0 Å². The van der Waals surface area contributed by atoms with Crippen LogP contribution in [-0.4, -0.2) is 66.7 Å². The molecule has 5 heteroatoms. The minimum Gasteiger partial charge on any atom is -0.437 e. The second-order valence-electron chi connectivity index (χ2n) is 6.09. The zero-order valence-corrected chi connectivity index (χ0v) is 11.4. The number of nitrogens with zero attached hydrogens (tertiary/aromatic N) is 2. The molecular formula is C13H25BN2O2. The van der Waals surface area contributed by atoms with Crippen molar-refractivity contribution in [2.75, 3.05) is 32.8 Å². The molecule has 0 aliphatic carbocycles. The molecule has 3 atom stereocenters. The lowest BCUT2D eigenvalue weighted by molar-refractivity contribution is -0.0699. The van der Waals surface area contributed by atoms with Crippen LogP contribution >= 0.6 is 0 Å². The van der Waals surface area contributed by atoms with Crippen LogP contribution in [-0.2, 0) is 4.74 Å². The van der Waals surface area contributed by atoms with Gasteiger partial charge in [-0.15, -0.1) is 0 Å². The first-order valence-corrected chi connectivity index (χ1v) is 7.53. The van der Waals surface area contributed by atoms with Gasteiger partial charge in [0.2, 0.25) is 0 Å². The molecule has 3 saturated heterocycles. The van der Waals surface area contributed by atoms with Crippen LogP contribution in [0, 0.1) is 5.92 Å². The zero-order valence-electron chi connectivity index (χ0n) is 11.4. The smallest absolute Gasteiger partial charge is 0.376 e. The molecule has 3 fully saturated rings. The Balaban J connectivity index is 1.73. The van der Waals surface area contributed by atoms with Crippen molar-refractivity contribution in [3.05, 3.63) is 0 Å². The summed E-state index contributed by atoms with van der Waals surface area (Å²) in [5.41, 5.74) is 0. The van der Waals surface area contributed by atoms with Crippen LogP contribution in [0.15, 0.2) is 0 Å². The van der Waals surface area contributed by atoms with Crippen molar-refractivity contribution in [3.63, 3.8) is 0 Å². The van der Waals surface area contributed by atoms with Crippen molar-refractivity contribution >= 4 is 7.05 Å². The lowest BCUT2D eigenvalue weighted by Gasteiger charge is -2.50. The molecule has 0 aromatic heterocycles. The first kappa shape index (κ1) is 12.9. The average molecular weight is 252 g/mol. The van der Waals surface area contributed by atoms with Crippen molar-refractivity contribution in [3.8, 4) is 0 Å². The monoisotopic (exact) mass is 252 g/mol. The number of hydrogen-bond acceptors (Lipinski definition) is 4. The molecule has 0 saturated carbocycles. The molecule has 4 nitrogen and oxygen atoms in total. The third-order valence-electron chi connectivity index (χ3n) is 5.04. The lowest BCUT2D eigenvalue weighted by atomic mass is 9.73. The highest BCUT2D eigenvalue weighted by molar-refractivity contribution is 6.45. The molecule has 18 heavy (non-hydrogen) atoms. The van der Waals surface area contributed by atoms with Gasteiger partial charge in [-0.25, -0.2) is 0 Å². The van der Waals surface area contributed by atoms with E-state index in [1.807, 2.05) is 6.82 Å². The largest absolute Gasteiger partial charge is 0.437 e. The summed E-state index contributed by atoms with van der Waals surface area (Å²) in [5, 5.41) is 9.92. The van der Waals surface area contributed by atoms with E-state index in [9.17, 15) is 5.02 Å². The van der Waals surface area contributed by atoms with Crippen LogP contribution in [0.1, 0.15) is 25.7 Å². The number of piperidine rings is 1. The fourth-order valence-corrected chi connectivity index (χ4v) is 4.13. The fraction of sp³-hybridized carbons (Fsp3) is 1.00. The third kappa shape index (κ3) is 2.33. The van der Waals surface area contributed by atoms with E-state index < -0.39 is 0 Å². The van der Waals surface area contributed by atoms with E-state index in [2.05, 4.69) is 9.71 Å². The van der Waals surface area contributed by atoms with Crippen LogP contribution in [0.4, 0.5) is 0 Å². The first-order chi connectivity index (χ1) is 8.77. The molecule has 3 heterocycles. The van der Waals surface area contributed by atoms with Gasteiger partial charge in [0.25, 0.3) is 0 Å². The molecule has 0 spiro atoms. The standard InChI is InChI=1S/C13H25BN2O2/c1-14(17)16-8-4-5-11-12(9-18-10-13(11)16)15-6-2-3-7-15/h11-13,17H,2-10H2,1H3/t11-,12+,13-/m1/s1. The van der Waals surface area contributed by atoms with Gasteiger partial charge in [-0.1, -0.05) is 0 Å². The molecule has 0 amide bonds. The second kappa shape index (κ2) is 5.49. The molecule has 3 rings (SSSR count). The van der Waals surface area contributed by atoms with Gasteiger partial charge in [0.05, 0.1) is 13.2 Å². The van der Waals surface area contributed by atoms with Gasteiger partial charge in [-0.05, 0) is 58.1 Å². The second-order valence-corrected chi connectivity index (χ2v) is 6.09. The predicted molar refractivity (Wildman–Crippen MR) is 72.5 cm³/mol. The molecule has 0 bridgehead atoms. The number of likely N-dealkylation sites (tertiary alicyclic amines) is 1. The maximum absolute atomic E-state index is 9.92. The zero-order chi connectivity index (χ0) is 12.5. The van der Waals surface area contributed by atoms with E-state index in [0.29, 0.717) is 18.0 Å². The lowest BCUT2D eigenvalue weighted by Crippen LogP contribution is -2.62. The molecule has 102 valence electrons. The van der Waals surface area contributed by atoms with Crippen LogP contribution in [0.3, 0.4) is 0 Å². The summed E-state index contributed by atoms with van der Waals surface area (Å²) in [6.07, 6.45) is 5.21. The molecule has 0 radical (unpaired) electrons. The summed E-state index contributed by atoms with van der Waals surface area (Å²) in [7, 11) is -0.335. The van der Waals surface area contributed by atoms with Gasteiger partial charge < -0.3 is 14.6 Å². The van der Waals surface area contributed by atoms with Gasteiger partial charge in [0.15, 0.2) is 0 Å². The highest BCUT2D eigenvalue weighted by Gasteiger charge is 2.43. The SMILES string of the molecule is CB(O)N1CCC[C@H]2[C@H]1COC[C@@H]2N1CCCC1. The Labute approximate surface area is 110 Å². The molecule has 0 aromatic rings. The highest BCUT2D eigenvalue weighted by Crippen LogP contribution is 2.34. The summed E-state index contributed by atoms with van der Waals surface area (Å²) >= 11 is 0. The van der Waals surface area contributed by atoms with E-state index in [1.165, 1.54) is 38.8 Å². The van der Waals surface area contributed by atoms with Crippen molar-refractivity contribution < 1.29 is 9.76 Å². The molecule has 3 aliphatic heterocycles. The highest BCUT2D eigenvalue weighted by atomic mass is 16.5. The van der Waals surface area contributed by atoms with Crippen LogP contribution in [0.2, 0.25) is 6.82 Å².